The van der Waals surface area contributed by atoms with Gasteiger partial charge in [0.15, 0.2) is 0 Å². The number of nitrogens with one attached hydrogen (secondary N) is 2. The number of ether oxygens (including phenoxy) is 1. The summed E-state index contributed by atoms with van der Waals surface area (Å²) in [6.07, 6.45) is 1.28. The summed E-state index contributed by atoms with van der Waals surface area (Å²) in [5.41, 5.74) is 0.432. The molecule has 0 heterocycles. The predicted molar refractivity (Wildman–Crippen MR) is 82.7 cm³/mol. The fourth-order valence-electron chi connectivity index (χ4n) is 1.70. The van der Waals surface area contributed by atoms with Gasteiger partial charge in [-0.15, -0.1) is 0 Å². The Morgan fingerprint density at radius 2 is 1.90 bits per heavy atom. The van der Waals surface area contributed by atoms with Crippen molar-refractivity contribution >= 4 is 35.0 Å². The van der Waals surface area contributed by atoms with Crippen LogP contribution in [0, 0.1) is 5.92 Å². The lowest BCUT2D eigenvalue weighted by Gasteiger charge is -2.20. The van der Waals surface area contributed by atoms with Crippen molar-refractivity contribution in [2.24, 2.45) is 5.92 Å². The van der Waals surface area contributed by atoms with E-state index in [0.717, 1.165) is 12.8 Å². The van der Waals surface area contributed by atoms with Gasteiger partial charge in [-0.05, 0) is 51.8 Å². The summed E-state index contributed by atoms with van der Waals surface area (Å²) in [6, 6.07) is 4.89. The van der Waals surface area contributed by atoms with E-state index in [4.69, 9.17) is 16.3 Å². The molecule has 5 nitrogen and oxygen atoms in total. The van der Waals surface area contributed by atoms with Crippen molar-refractivity contribution in [1.29, 1.82) is 0 Å². The Balaban J connectivity index is 2.03. The van der Waals surface area contributed by atoms with Crippen LogP contribution in [0.1, 0.15) is 33.6 Å². The first kappa shape index (κ1) is 15.6. The first-order valence-electron chi connectivity index (χ1n) is 6.85. The summed E-state index contributed by atoms with van der Waals surface area (Å²) in [5.74, 6) is 0.0508. The lowest BCUT2D eigenvalue weighted by atomic mass is 10.2. The average Bonchev–Trinajstić information content (AvgIpc) is 3.14. The highest BCUT2D eigenvalue weighted by molar-refractivity contribution is 6.33. The van der Waals surface area contributed by atoms with Crippen LogP contribution in [0.3, 0.4) is 0 Å². The van der Waals surface area contributed by atoms with Crippen molar-refractivity contribution in [3.8, 4) is 0 Å². The van der Waals surface area contributed by atoms with Crippen LogP contribution in [0.2, 0.25) is 5.02 Å². The third kappa shape index (κ3) is 4.93. The Morgan fingerprint density at radius 1 is 1.24 bits per heavy atom. The lowest BCUT2D eigenvalue weighted by molar-refractivity contribution is -0.117. The van der Waals surface area contributed by atoms with Crippen LogP contribution >= 0.6 is 11.6 Å². The molecule has 0 atom stereocenters. The van der Waals surface area contributed by atoms with Gasteiger partial charge in [0.25, 0.3) is 0 Å². The van der Waals surface area contributed by atoms with Crippen LogP contribution in [-0.4, -0.2) is 17.6 Å². The van der Waals surface area contributed by atoms with Gasteiger partial charge in [0.2, 0.25) is 5.91 Å². The zero-order chi connectivity index (χ0) is 15.6. The Morgan fingerprint density at radius 3 is 2.48 bits per heavy atom. The second kappa shape index (κ2) is 5.93. The first-order valence-corrected chi connectivity index (χ1v) is 7.23. The highest BCUT2D eigenvalue weighted by atomic mass is 35.5. The maximum absolute atomic E-state index is 11.8. The molecule has 0 saturated heterocycles. The highest BCUT2D eigenvalue weighted by Gasteiger charge is 2.30. The van der Waals surface area contributed by atoms with Gasteiger partial charge < -0.3 is 10.1 Å². The molecule has 114 valence electrons. The molecule has 0 radical (unpaired) electrons. The van der Waals surface area contributed by atoms with Gasteiger partial charge in [-0.25, -0.2) is 4.79 Å². The van der Waals surface area contributed by atoms with Crippen molar-refractivity contribution in [3.63, 3.8) is 0 Å². The molecule has 6 heteroatoms. The average molecular weight is 311 g/mol. The molecule has 2 rings (SSSR count). The van der Waals surface area contributed by atoms with Gasteiger partial charge in [-0.1, -0.05) is 11.6 Å². The standard InChI is InChI=1S/C15H19ClN2O3/c1-15(2,3)21-14(20)17-10-6-7-11(16)12(8-10)18-13(19)9-4-5-9/h6-9H,4-5H2,1-3H3,(H,17,20)(H,18,19). The number of hydrogen-bond acceptors (Lipinski definition) is 3. The van der Waals surface area contributed by atoms with Gasteiger partial charge in [-0.2, -0.15) is 0 Å². The molecule has 1 fully saturated rings. The van der Waals surface area contributed by atoms with Crippen LogP contribution in [0.15, 0.2) is 18.2 Å². The van der Waals surface area contributed by atoms with Crippen molar-refractivity contribution in [2.75, 3.05) is 10.6 Å². The molecule has 21 heavy (non-hydrogen) atoms. The van der Waals surface area contributed by atoms with Gasteiger partial charge in [0, 0.05) is 11.6 Å². The van der Waals surface area contributed by atoms with Crippen molar-refractivity contribution in [1.82, 2.24) is 0 Å². The molecule has 2 N–H and O–H groups in total. The first-order chi connectivity index (χ1) is 9.74. The zero-order valence-electron chi connectivity index (χ0n) is 12.3. The largest absolute Gasteiger partial charge is 0.444 e. The molecule has 2 amide bonds. The predicted octanol–water partition coefficient (Wildman–Crippen LogP) is 4.04. The van der Waals surface area contributed by atoms with Crippen molar-refractivity contribution in [2.45, 2.75) is 39.2 Å². The number of carbonyl (C=O) groups is 2. The quantitative estimate of drug-likeness (QED) is 0.885. The Bertz CT molecular complexity index is 563. The normalized spacial score (nSPS) is 14.5. The minimum absolute atomic E-state index is 0.0358. The molecular formula is C15H19ClN2O3. The van der Waals surface area contributed by atoms with E-state index >= 15 is 0 Å². The summed E-state index contributed by atoms with van der Waals surface area (Å²) in [7, 11) is 0. The van der Waals surface area contributed by atoms with Crippen molar-refractivity contribution < 1.29 is 14.3 Å². The van der Waals surface area contributed by atoms with Gasteiger partial charge in [-0.3, -0.25) is 10.1 Å². The molecular weight excluding hydrogens is 292 g/mol. The Hall–Kier alpha value is -1.75. The van der Waals surface area contributed by atoms with Crippen LogP contribution in [-0.2, 0) is 9.53 Å². The number of rotatable bonds is 3. The second-order valence-electron chi connectivity index (χ2n) is 6.09. The minimum Gasteiger partial charge on any atom is -0.444 e. The van der Waals surface area contributed by atoms with E-state index < -0.39 is 11.7 Å². The number of amides is 2. The summed E-state index contributed by atoms with van der Waals surface area (Å²) in [5, 5.41) is 5.81. The number of halogens is 1. The monoisotopic (exact) mass is 310 g/mol. The van der Waals surface area contributed by atoms with E-state index in [0.29, 0.717) is 16.4 Å². The molecule has 0 bridgehead atoms. The molecule has 1 aromatic carbocycles. The molecule has 1 saturated carbocycles. The maximum Gasteiger partial charge on any atom is 0.412 e. The smallest absolute Gasteiger partial charge is 0.412 e. The topological polar surface area (TPSA) is 67.4 Å². The van der Waals surface area contributed by atoms with E-state index in [1.165, 1.54) is 0 Å². The maximum atomic E-state index is 11.8. The van der Waals surface area contributed by atoms with Crippen LogP contribution in [0.5, 0.6) is 0 Å². The van der Waals surface area contributed by atoms with E-state index in [-0.39, 0.29) is 11.8 Å². The second-order valence-corrected chi connectivity index (χ2v) is 6.49. The number of carbonyl (C=O) groups excluding carboxylic acids is 2. The summed E-state index contributed by atoms with van der Waals surface area (Å²) < 4.78 is 5.17. The van der Waals surface area contributed by atoms with E-state index in [9.17, 15) is 9.59 Å². The minimum atomic E-state index is -0.570. The molecule has 1 aromatic rings. The number of anilines is 2. The zero-order valence-corrected chi connectivity index (χ0v) is 13.1. The fourth-order valence-corrected chi connectivity index (χ4v) is 1.87. The van der Waals surface area contributed by atoms with E-state index in [1.54, 1.807) is 39.0 Å². The molecule has 0 spiro atoms. The van der Waals surface area contributed by atoms with Gasteiger partial charge >= 0.3 is 6.09 Å². The Labute approximate surface area is 129 Å². The molecule has 0 aliphatic heterocycles. The number of benzene rings is 1. The Kier molecular flexibility index (Phi) is 4.42. The SMILES string of the molecule is CC(C)(C)OC(=O)Nc1ccc(Cl)c(NC(=O)C2CC2)c1. The summed E-state index contributed by atoms with van der Waals surface area (Å²) in [6.45, 7) is 5.36. The molecule has 1 aliphatic carbocycles. The fraction of sp³-hybridized carbons (Fsp3) is 0.467. The molecule has 0 aromatic heterocycles. The van der Waals surface area contributed by atoms with Crippen LogP contribution in [0.4, 0.5) is 16.2 Å². The summed E-state index contributed by atoms with van der Waals surface area (Å²) >= 11 is 6.05. The van der Waals surface area contributed by atoms with Crippen molar-refractivity contribution in [3.05, 3.63) is 23.2 Å². The molecule has 1 aliphatic rings. The third-order valence-corrected chi connectivity index (χ3v) is 3.15. The highest BCUT2D eigenvalue weighted by Crippen LogP contribution is 2.32. The van der Waals surface area contributed by atoms with Gasteiger partial charge in [0.1, 0.15) is 5.60 Å². The van der Waals surface area contributed by atoms with Crippen LogP contribution in [0.25, 0.3) is 0 Å². The number of hydrogen-bond donors (Lipinski definition) is 2. The van der Waals surface area contributed by atoms with E-state index in [1.807, 2.05) is 0 Å². The van der Waals surface area contributed by atoms with Crippen LogP contribution < -0.4 is 10.6 Å². The lowest BCUT2D eigenvalue weighted by Crippen LogP contribution is -2.27. The summed E-state index contributed by atoms with van der Waals surface area (Å²) in [4.78, 5) is 23.5. The van der Waals surface area contributed by atoms with Gasteiger partial charge in [0.05, 0.1) is 10.7 Å². The third-order valence-electron chi connectivity index (χ3n) is 2.82. The van der Waals surface area contributed by atoms with E-state index in [2.05, 4.69) is 10.6 Å². The molecule has 0 unspecified atom stereocenters.